The fraction of sp³-hybridized carbons (Fsp3) is 0.0357. The maximum Gasteiger partial charge on any atom is 0.270 e. The number of rotatable bonds is 7. The summed E-state index contributed by atoms with van der Waals surface area (Å²) in [5.74, 6) is -0.226. The Morgan fingerprint density at radius 1 is 0.946 bits per heavy atom. The van der Waals surface area contributed by atoms with Crippen LogP contribution in [0, 0.1) is 10.1 Å². The zero-order chi connectivity index (χ0) is 25.8. The Bertz CT molecular complexity index is 1600. The maximum atomic E-state index is 12.9. The first-order valence-corrected chi connectivity index (χ1v) is 11.5. The molecule has 2 aromatic heterocycles. The molecule has 9 heteroatoms. The van der Waals surface area contributed by atoms with Gasteiger partial charge in [-0.2, -0.15) is 0 Å². The molecule has 5 aromatic rings. The molecule has 0 radical (unpaired) electrons. The molecule has 0 bridgehead atoms. The van der Waals surface area contributed by atoms with E-state index < -0.39 is 4.92 Å². The number of carbonyl (C=O) groups is 1. The van der Waals surface area contributed by atoms with Gasteiger partial charge in [0.25, 0.3) is 11.6 Å². The van der Waals surface area contributed by atoms with Gasteiger partial charge in [-0.1, -0.05) is 0 Å². The SMILES string of the molecule is Cn1cc[c+](Nc2cccc(C(=O)Nc3ccc(Nc4ccnc5ccc([N+](=O)[O-])cc45)cc3)c2)cc1. The lowest BCUT2D eigenvalue weighted by atomic mass is 10.1. The smallest absolute Gasteiger partial charge is 0.270 e. The van der Waals surface area contributed by atoms with Gasteiger partial charge in [0.2, 0.25) is 0 Å². The van der Waals surface area contributed by atoms with Crippen LogP contribution in [0.5, 0.6) is 0 Å². The lowest BCUT2D eigenvalue weighted by Crippen LogP contribution is -2.12. The third-order valence-electron chi connectivity index (χ3n) is 5.75. The van der Waals surface area contributed by atoms with Crippen molar-refractivity contribution in [3.63, 3.8) is 0 Å². The van der Waals surface area contributed by atoms with Crippen LogP contribution in [0.2, 0.25) is 0 Å². The van der Waals surface area contributed by atoms with E-state index in [2.05, 4.69) is 20.9 Å². The monoisotopic (exact) mass is 491 g/mol. The van der Waals surface area contributed by atoms with Gasteiger partial charge in [0, 0.05) is 60.0 Å². The molecule has 0 aliphatic heterocycles. The molecule has 0 aliphatic rings. The highest BCUT2D eigenvalue weighted by Gasteiger charge is 2.11. The highest BCUT2D eigenvalue weighted by Crippen LogP contribution is 2.29. The van der Waals surface area contributed by atoms with Crippen molar-refractivity contribution in [1.82, 2.24) is 9.55 Å². The highest BCUT2D eigenvalue weighted by molar-refractivity contribution is 6.05. The van der Waals surface area contributed by atoms with Crippen LogP contribution in [-0.4, -0.2) is 20.4 Å². The number of anilines is 5. The van der Waals surface area contributed by atoms with Crippen LogP contribution in [0.25, 0.3) is 10.9 Å². The standard InChI is InChI=1S/C28H22N6O3/c1-33-15-12-22(13-16-33)30-23-4-2-3-19(17-23)28(35)32-21-7-5-20(6-8-21)31-27-11-14-29-26-10-9-24(34(36)37)18-25(26)27/h2-18,30H,1H3,(H-,29,31,32,35)/p+1. The topological polar surface area (TPSA) is 114 Å². The van der Waals surface area contributed by atoms with E-state index in [1.807, 2.05) is 60.4 Å². The van der Waals surface area contributed by atoms with Crippen LogP contribution in [0.15, 0.2) is 104 Å². The minimum Gasteiger partial charge on any atom is -0.355 e. The van der Waals surface area contributed by atoms with Crippen molar-refractivity contribution in [3.05, 3.63) is 119 Å². The van der Waals surface area contributed by atoms with Crippen molar-refractivity contribution in [2.24, 2.45) is 7.05 Å². The molecule has 9 nitrogen and oxygen atoms in total. The molecule has 182 valence electrons. The van der Waals surface area contributed by atoms with E-state index in [1.54, 1.807) is 42.6 Å². The number of amides is 1. The summed E-state index contributed by atoms with van der Waals surface area (Å²) in [5, 5.41) is 21.3. The second kappa shape index (κ2) is 10.1. The van der Waals surface area contributed by atoms with Crippen LogP contribution in [0.3, 0.4) is 0 Å². The van der Waals surface area contributed by atoms with Crippen LogP contribution in [0.4, 0.5) is 34.1 Å². The number of hydrogen-bond donors (Lipinski definition) is 3. The highest BCUT2D eigenvalue weighted by atomic mass is 16.6. The molecule has 37 heavy (non-hydrogen) atoms. The molecule has 0 atom stereocenters. The number of fused-ring (bicyclic) bond motifs is 1. The normalized spacial score (nSPS) is 10.6. The summed E-state index contributed by atoms with van der Waals surface area (Å²) < 4.78 is 1.95. The van der Waals surface area contributed by atoms with Crippen LogP contribution >= 0.6 is 0 Å². The molecular formula is C28H23N6O3+. The number of carbonyl (C=O) groups excluding carboxylic acids is 1. The molecule has 5 rings (SSSR count). The Labute approximate surface area is 212 Å². The van der Waals surface area contributed by atoms with Gasteiger partial charge in [-0.3, -0.25) is 29.8 Å². The minimum atomic E-state index is -0.429. The van der Waals surface area contributed by atoms with E-state index in [9.17, 15) is 14.9 Å². The maximum absolute atomic E-state index is 12.9. The summed E-state index contributed by atoms with van der Waals surface area (Å²) in [5.41, 5.74) is 5.01. The van der Waals surface area contributed by atoms with Crippen molar-refractivity contribution in [3.8, 4) is 0 Å². The Kier molecular flexibility index (Phi) is 6.41. The fourth-order valence-electron chi connectivity index (χ4n) is 3.84. The fourth-order valence-corrected chi connectivity index (χ4v) is 3.84. The molecule has 3 aromatic carbocycles. The van der Waals surface area contributed by atoms with Crippen molar-refractivity contribution >= 4 is 50.9 Å². The molecule has 3 N–H and O–H groups in total. The van der Waals surface area contributed by atoms with Crippen molar-refractivity contribution < 1.29 is 9.72 Å². The van der Waals surface area contributed by atoms with Crippen LogP contribution in [0.1, 0.15) is 10.4 Å². The third kappa shape index (κ3) is 5.51. The Balaban J connectivity index is 1.27. The van der Waals surface area contributed by atoms with E-state index in [4.69, 9.17) is 0 Å². The summed E-state index contributed by atoms with van der Waals surface area (Å²) in [6.07, 6.45) is 5.53. The van der Waals surface area contributed by atoms with Gasteiger partial charge in [-0.25, -0.2) is 0 Å². The minimum absolute atomic E-state index is 0.00116. The van der Waals surface area contributed by atoms with Gasteiger partial charge in [-0.15, -0.1) is 0 Å². The second-order valence-electron chi connectivity index (χ2n) is 8.43. The molecule has 0 unspecified atom stereocenters. The quantitative estimate of drug-likeness (QED) is 0.136. The largest absolute Gasteiger partial charge is 0.355 e. The summed E-state index contributed by atoms with van der Waals surface area (Å²) >= 11 is 0. The number of pyridine rings is 2. The zero-order valence-corrected chi connectivity index (χ0v) is 19.9. The number of non-ortho nitro benzene ring substituents is 1. The predicted octanol–water partition coefficient (Wildman–Crippen LogP) is 6.50. The first-order valence-electron chi connectivity index (χ1n) is 11.5. The molecular weight excluding hydrogens is 468 g/mol. The van der Waals surface area contributed by atoms with E-state index in [1.165, 1.54) is 12.1 Å². The number of aromatic nitrogens is 2. The molecule has 2 heterocycles. The van der Waals surface area contributed by atoms with Crippen LogP contribution < -0.4 is 16.0 Å². The van der Waals surface area contributed by atoms with Crippen molar-refractivity contribution in [1.29, 1.82) is 0 Å². The van der Waals surface area contributed by atoms with E-state index in [-0.39, 0.29) is 11.6 Å². The Morgan fingerprint density at radius 2 is 1.70 bits per heavy atom. The molecule has 0 spiro atoms. The first-order chi connectivity index (χ1) is 17.9. The van der Waals surface area contributed by atoms with Gasteiger partial charge in [-0.05, 0) is 48.5 Å². The van der Waals surface area contributed by atoms with Gasteiger partial charge in [0.1, 0.15) is 11.4 Å². The van der Waals surface area contributed by atoms with Gasteiger partial charge in [0.15, 0.2) is 0 Å². The van der Waals surface area contributed by atoms with Crippen molar-refractivity contribution in [2.75, 3.05) is 16.0 Å². The number of nitro groups is 1. The van der Waals surface area contributed by atoms with Gasteiger partial charge in [0.05, 0.1) is 40.5 Å². The average molecular weight is 492 g/mol. The number of aryl methyl sites for hydroxylation is 1. The van der Waals surface area contributed by atoms with Gasteiger partial charge < -0.3 is 10.6 Å². The number of benzene rings is 3. The Hall–Kier alpha value is -5.31. The molecule has 0 aliphatic carbocycles. The third-order valence-corrected chi connectivity index (χ3v) is 5.75. The molecule has 0 saturated heterocycles. The van der Waals surface area contributed by atoms with Gasteiger partial charge >= 0.3 is 0 Å². The summed E-state index contributed by atoms with van der Waals surface area (Å²) in [4.78, 5) is 27.9. The number of nitrogens with zero attached hydrogens (tertiary/aromatic N) is 3. The van der Waals surface area contributed by atoms with E-state index in [0.29, 0.717) is 27.8 Å². The second-order valence-corrected chi connectivity index (χ2v) is 8.43. The summed E-state index contributed by atoms with van der Waals surface area (Å²) in [6.45, 7) is 0. The number of hydrogen-bond acceptors (Lipinski definition) is 6. The zero-order valence-electron chi connectivity index (χ0n) is 19.9. The van der Waals surface area contributed by atoms with E-state index in [0.717, 1.165) is 17.1 Å². The molecule has 1 amide bonds. The number of nitro benzene ring substituents is 1. The summed E-state index contributed by atoms with van der Waals surface area (Å²) in [7, 11) is 1.95. The summed E-state index contributed by atoms with van der Waals surface area (Å²) in [6, 6.07) is 24.8. The average Bonchev–Trinajstić information content (AvgIpc) is 2.91. The van der Waals surface area contributed by atoms with E-state index >= 15 is 0 Å². The van der Waals surface area contributed by atoms with Crippen LogP contribution in [-0.2, 0) is 7.05 Å². The first kappa shape index (κ1) is 23.4. The lowest BCUT2D eigenvalue weighted by Gasteiger charge is -2.11. The molecule has 0 saturated carbocycles. The Morgan fingerprint density at radius 3 is 2.46 bits per heavy atom. The molecule has 0 fully saturated rings. The lowest BCUT2D eigenvalue weighted by molar-refractivity contribution is -0.384. The number of nitrogens with one attached hydrogen (secondary N) is 3. The van der Waals surface area contributed by atoms with Crippen molar-refractivity contribution in [2.45, 2.75) is 0 Å². The predicted molar refractivity (Wildman–Crippen MR) is 146 cm³/mol.